The van der Waals surface area contributed by atoms with Crippen LogP contribution < -0.4 is 5.32 Å². The van der Waals surface area contributed by atoms with E-state index >= 15 is 0 Å². The van der Waals surface area contributed by atoms with Crippen molar-refractivity contribution >= 4 is 28.3 Å². The van der Waals surface area contributed by atoms with E-state index in [1.807, 2.05) is 18.2 Å². The van der Waals surface area contributed by atoms with Gasteiger partial charge in [-0.15, -0.1) is 0 Å². The van der Waals surface area contributed by atoms with E-state index < -0.39 is 4.92 Å². The summed E-state index contributed by atoms with van der Waals surface area (Å²) in [6.45, 7) is 6.12. The number of carbonyl (C=O) groups is 1. The number of nitrogens with one attached hydrogen (secondary N) is 1. The minimum Gasteiger partial charge on any atom is -0.327 e. The molecule has 0 unspecified atom stereocenters. The molecule has 4 rings (SSSR count). The van der Waals surface area contributed by atoms with E-state index in [2.05, 4.69) is 21.7 Å². The Labute approximate surface area is 187 Å². The fraction of sp³-hybridized carbons (Fsp3) is 0.417. The van der Waals surface area contributed by atoms with Gasteiger partial charge in [0.15, 0.2) is 0 Å². The lowest BCUT2D eigenvalue weighted by Crippen LogP contribution is -2.26. The van der Waals surface area contributed by atoms with Crippen LogP contribution in [-0.2, 0) is 13.1 Å². The van der Waals surface area contributed by atoms with Crippen LogP contribution in [0.5, 0.6) is 0 Å². The Kier molecular flexibility index (Phi) is 6.80. The van der Waals surface area contributed by atoms with E-state index in [1.54, 1.807) is 6.07 Å². The van der Waals surface area contributed by atoms with Crippen LogP contribution in [0.1, 0.15) is 55.2 Å². The number of benzene rings is 2. The standard InChI is InChI=1S/C24H29N5O3/c1-2-12-28-22-11-10-19(25-24(30)18-8-7-9-20(15-18)29(31)32)16-21(22)26-23(28)17-27-13-5-3-4-6-14-27/h7-11,15-16H,2-6,12-14,17H2,1H3,(H,25,30). The second-order valence-electron chi connectivity index (χ2n) is 8.34. The van der Waals surface area contributed by atoms with Crippen LogP contribution in [0.25, 0.3) is 11.0 Å². The van der Waals surface area contributed by atoms with Crippen LogP contribution in [-0.4, -0.2) is 38.4 Å². The largest absolute Gasteiger partial charge is 0.327 e. The van der Waals surface area contributed by atoms with Gasteiger partial charge >= 0.3 is 0 Å². The number of fused-ring (bicyclic) bond motifs is 1. The SMILES string of the molecule is CCCn1c(CN2CCCCCC2)nc2cc(NC(=O)c3cccc([N+](=O)[O-])c3)ccc21. The second-order valence-corrected chi connectivity index (χ2v) is 8.34. The summed E-state index contributed by atoms with van der Waals surface area (Å²) in [5.74, 6) is 0.678. The zero-order chi connectivity index (χ0) is 22.5. The highest BCUT2D eigenvalue weighted by molar-refractivity contribution is 6.05. The van der Waals surface area contributed by atoms with Crippen molar-refractivity contribution in [3.63, 3.8) is 0 Å². The molecule has 168 valence electrons. The van der Waals surface area contributed by atoms with Gasteiger partial charge in [0.2, 0.25) is 0 Å². The summed E-state index contributed by atoms with van der Waals surface area (Å²) in [7, 11) is 0. The number of hydrogen-bond donors (Lipinski definition) is 1. The molecule has 1 aliphatic rings. The molecule has 1 fully saturated rings. The molecule has 1 N–H and O–H groups in total. The van der Waals surface area contributed by atoms with E-state index in [-0.39, 0.29) is 17.2 Å². The first kappa shape index (κ1) is 22.0. The van der Waals surface area contributed by atoms with Crippen molar-refractivity contribution in [1.82, 2.24) is 14.5 Å². The number of nitro groups is 1. The molecule has 8 heteroatoms. The molecule has 0 atom stereocenters. The van der Waals surface area contributed by atoms with Crippen molar-refractivity contribution in [3.05, 3.63) is 64.0 Å². The summed E-state index contributed by atoms with van der Waals surface area (Å²) < 4.78 is 2.28. The molecule has 2 aromatic carbocycles. The molecule has 0 aliphatic carbocycles. The van der Waals surface area contributed by atoms with Crippen LogP contribution >= 0.6 is 0 Å². The number of carbonyl (C=O) groups excluding carboxylic acids is 1. The third-order valence-electron chi connectivity index (χ3n) is 5.92. The first-order valence-electron chi connectivity index (χ1n) is 11.3. The fourth-order valence-electron chi connectivity index (χ4n) is 4.31. The van der Waals surface area contributed by atoms with Gasteiger partial charge < -0.3 is 9.88 Å². The molecule has 0 radical (unpaired) electrons. The molecule has 1 saturated heterocycles. The Morgan fingerprint density at radius 3 is 2.62 bits per heavy atom. The average Bonchev–Trinajstić information content (AvgIpc) is 2.94. The highest BCUT2D eigenvalue weighted by Crippen LogP contribution is 2.24. The topological polar surface area (TPSA) is 93.3 Å². The van der Waals surface area contributed by atoms with E-state index in [0.29, 0.717) is 5.69 Å². The molecule has 1 amide bonds. The minimum absolute atomic E-state index is 0.107. The summed E-state index contributed by atoms with van der Waals surface area (Å²) in [6, 6.07) is 11.5. The molecule has 2 heterocycles. The molecule has 0 bridgehead atoms. The molecule has 0 saturated carbocycles. The lowest BCUT2D eigenvalue weighted by molar-refractivity contribution is -0.384. The van der Waals surface area contributed by atoms with Crippen LogP contribution in [0.4, 0.5) is 11.4 Å². The summed E-state index contributed by atoms with van der Waals surface area (Å²) in [6.07, 6.45) is 6.10. The Morgan fingerprint density at radius 2 is 1.91 bits per heavy atom. The number of rotatable bonds is 7. The van der Waals surface area contributed by atoms with E-state index in [0.717, 1.165) is 49.5 Å². The van der Waals surface area contributed by atoms with Crippen molar-refractivity contribution < 1.29 is 9.72 Å². The first-order valence-corrected chi connectivity index (χ1v) is 11.3. The van der Waals surface area contributed by atoms with Gasteiger partial charge in [-0.3, -0.25) is 19.8 Å². The Balaban J connectivity index is 1.57. The predicted molar refractivity (Wildman–Crippen MR) is 125 cm³/mol. The smallest absolute Gasteiger partial charge is 0.270 e. The minimum atomic E-state index is -0.505. The second kappa shape index (κ2) is 9.91. The van der Waals surface area contributed by atoms with Crippen molar-refractivity contribution in [1.29, 1.82) is 0 Å². The maximum Gasteiger partial charge on any atom is 0.270 e. The Morgan fingerprint density at radius 1 is 1.12 bits per heavy atom. The summed E-state index contributed by atoms with van der Waals surface area (Å²) >= 11 is 0. The average molecular weight is 436 g/mol. The van der Waals surface area contributed by atoms with Gasteiger partial charge in [0.05, 0.1) is 22.5 Å². The highest BCUT2D eigenvalue weighted by Gasteiger charge is 2.17. The number of imidazole rings is 1. The van der Waals surface area contributed by atoms with E-state index in [4.69, 9.17) is 4.98 Å². The number of amides is 1. The van der Waals surface area contributed by atoms with Gasteiger partial charge in [0, 0.05) is 29.9 Å². The predicted octanol–water partition coefficient (Wildman–Crippen LogP) is 4.98. The van der Waals surface area contributed by atoms with E-state index in [9.17, 15) is 14.9 Å². The van der Waals surface area contributed by atoms with Crippen LogP contribution in [0.15, 0.2) is 42.5 Å². The normalized spacial score (nSPS) is 14.9. The van der Waals surface area contributed by atoms with Gasteiger partial charge in [-0.1, -0.05) is 25.8 Å². The molecular formula is C24H29N5O3. The third-order valence-corrected chi connectivity index (χ3v) is 5.92. The Hall–Kier alpha value is -3.26. The molecule has 8 nitrogen and oxygen atoms in total. The lowest BCUT2D eigenvalue weighted by Gasteiger charge is -2.20. The highest BCUT2D eigenvalue weighted by atomic mass is 16.6. The van der Waals surface area contributed by atoms with Gasteiger partial charge in [0.25, 0.3) is 11.6 Å². The number of aryl methyl sites for hydroxylation is 1. The Bertz CT molecular complexity index is 1120. The van der Waals surface area contributed by atoms with Crippen molar-refractivity contribution in [2.75, 3.05) is 18.4 Å². The van der Waals surface area contributed by atoms with Crippen LogP contribution in [0, 0.1) is 10.1 Å². The number of hydrogen-bond acceptors (Lipinski definition) is 5. The van der Waals surface area contributed by atoms with E-state index in [1.165, 1.54) is 43.9 Å². The van der Waals surface area contributed by atoms with Gasteiger partial charge in [-0.25, -0.2) is 4.98 Å². The molecular weight excluding hydrogens is 406 g/mol. The maximum atomic E-state index is 12.6. The zero-order valence-corrected chi connectivity index (χ0v) is 18.4. The zero-order valence-electron chi connectivity index (χ0n) is 18.4. The molecule has 0 spiro atoms. The summed E-state index contributed by atoms with van der Waals surface area (Å²) in [5.41, 5.74) is 2.67. The van der Waals surface area contributed by atoms with Crippen molar-refractivity contribution in [2.45, 2.75) is 52.1 Å². The number of non-ortho nitro benzene ring substituents is 1. The summed E-state index contributed by atoms with van der Waals surface area (Å²) in [4.78, 5) is 30.5. The number of nitro benzene ring substituents is 1. The number of aromatic nitrogens is 2. The summed E-state index contributed by atoms with van der Waals surface area (Å²) in [5, 5.41) is 13.8. The number of nitrogens with zero attached hydrogens (tertiary/aromatic N) is 4. The molecule has 32 heavy (non-hydrogen) atoms. The monoisotopic (exact) mass is 435 g/mol. The third kappa shape index (κ3) is 4.96. The number of likely N-dealkylation sites (tertiary alicyclic amines) is 1. The van der Waals surface area contributed by atoms with Crippen molar-refractivity contribution in [3.8, 4) is 0 Å². The van der Waals surface area contributed by atoms with Gasteiger partial charge in [0.1, 0.15) is 5.82 Å². The van der Waals surface area contributed by atoms with Gasteiger partial charge in [-0.05, 0) is 56.6 Å². The van der Waals surface area contributed by atoms with Gasteiger partial charge in [-0.2, -0.15) is 0 Å². The lowest BCUT2D eigenvalue weighted by atomic mass is 10.2. The molecule has 1 aliphatic heterocycles. The first-order chi connectivity index (χ1) is 15.5. The molecule has 3 aromatic rings. The fourth-order valence-corrected chi connectivity index (χ4v) is 4.31. The number of anilines is 1. The maximum absolute atomic E-state index is 12.6. The van der Waals surface area contributed by atoms with Crippen molar-refractivity contribution in [2.24, 2.45) is 0 Å². The molecule has 1 aromatic heterocycles. The van der Waals surface area contributed by atoms with Crippen LogP contribution in [0.3, 0.4) is 0 Å². The van der Waals surface area contributed by atoms with Crippen LogP contribution in [0.2, 0.25) is 0 Å². The quantitative estimate of drug-likeness (QED) is 0.417.